The van der Waals surface area contributed by atoms with E-state index < -0.39 is 0 Å². The maximum Gasteiger partial charge on any atom is 0.227 e. The second-order valence-electron chi connectivity index (χ2n) is 6.82. The monoisotopic (exact) mass is 386 g/mol. The van der Waals surface area contributed by atoms with Crippen molar-refractivity contribution in [3.63, 3.8) is 0 Å². The van der Waals surface area contributed by atoms with Crippen molar-refractivity contribution in [2.24, 2.45) is 7.05 Å². The molecule has 2 aromatic heterocycles. The second kappa shape index (κ2) is 7.70. The summed E-state index contributed by atoms with van der Waals surface area (Å²) in [7, 11) is 1.95. The van der Waals surface area contributed by atoms with Gasteiger partial charge in [0, 0.05) is 44.8 Å². The van der Waals surface area contributed by atoms with E-state index in [0.717, 1.165) is 66.2 Å². The molecule has 0 spiro atoms. The van der Waals surface area contributed by atoms with Crippen LogP contribution in [-0.2, 0) is 7.05 Å². The molecule has 8 heteroatoms. The number of hydrogen-bond acceptors (Lipinski definition) is 6. The van der Waals surface area contributed by atoms with Gasteiger partial charge in [-0.05, 0) is 30.7 Å². The number of ether oxygens (including phenoxy) is 1. The molecule has 0 amide bonds. The Kier molecular flexibility index (Phi) is 5.13. The van der Waals surface area contributed by atoms with Gasteiger partial charge in [0.15, 0.2) is 5.65 Å². The highest BCUT2D eigenvalue weighted by atomic mass is 35.5. The van der Waals surface area contributed by atoms with Gasteiger partial charge < -0.3 is 14.2 Å². The molecule has 0 bridgehead atoms. The van der Waals surface area contributed by atoms with Crippen LogP contribution in [0.4, 0.5) is 5.95 Å². The maximum atomic E-state index is 5.99. The van der Waals surface area contributed by atoms with Gasteiger partial charge in [-0.25, -0.2) is 9.97 Å². The molecule has 0 atom stereocenters. The highest BCUT2D eigenvalue weighted by Gasteiger charge is 2.19. The molecule has 142 valence electrons. The third-order valence-corrected chi connectivity index (χ3v) is 5.16. The summed E-state index contributed by atoms with van der Waals surface area (Å²) in [5, 5.41) is 0.738. The zero-order valence-electron chi connectivity index (χ0n) is 15.6. The highest BCUT2D eigenvalue weighted by molar-refractivity contribution is 6.30. The minimum atomic E-state index is 0.666. The Morgan fingerprint density at radius 1 is 1.15 bits per heavy atom. The van der Waals surface area contributed by atoms with E-state index in [1.54, 1.807) is 6.33 Å². The summed E-state index contributed by atoms with van der Waals surface area (Å²) in [4.78, 5) is 18.0. The Bertz CT molecular complexity index is 935. The minimum Gasteiger partial charge on any atom is -0.492 e. The van der Waals surface area contributed by atoms with Crippen molar-refractivity contribution in [3.8, 4) is 5.75 Å². The van der Waals surface area contributed by atoms with E-state index in [0.29, 0.717) is 6.61 Å². The van der Waals surface area contributed by atoms with Crippen molar-refractivity contribution < 1.29 is 4.74 Å². The molecule has 0 unspecified atom stereocenters. The molecule has 1 fully saturated rings. The lowest BCUT2D eigenvalue weighted by molar-refractivity contribution is 0.199. The van der Waals surface area contributed by atoms with Crippen LogP contribution >= 0.6 is 11.6 Å². The zero-order valence-corrected chi connectivity index (χ0v) is 16.4. The number of anilines is 1. The molecule has 0 N–H and O–H groups in total. The summed E-state index contributed by atoms with van der Waals surface area (Å²) in [6.07, 6.45) is 3.61. The maximum absolute atomic E-state index is 5.99. The van der Waals surface area contributed by atoms with Gasteiger partial charge in [0.05, 0.1) is 12.5 Å². The predicted molar refractivity (Wildman–Crippen MR) is 107 cm³/mol. The molecule has 0 aliphatic carbocycles. The number of fused-ring (bicyclic) bond motifs is 1. The van der Waals surface area contributed by atoms with Gasteiger partial charge in [-0.1, -0.05) is 11.6 Å². The lowest BCUT2D eigenvalue weighted by Crippen LogP contribution is -2.48. The SMILES string of the molecule is Cc1cc(Cl)ccc1OCCN1CCN(c2ncc3c(ncn3C)n2)CC1. The van der Waals surface area contributed by atoms with Gasteiger partial charge in [-0.3, -0.25) is 4.90 Å². The van der Waals surface area contributed by atoms with Crippen LogP contribution in [0.5, 0.6) is 5.75 Å². The van der Waals surface area contributed by atoms with Crippen molar-refractivity contribution in [1.82, 2.24) is 24.4 Å². The normalized spacial score (nSPS) is 15.4. The minimum absolute atomic E-state index is 0.666. The number of hydrogen-bond donors (Lipinski definition) is 0. The first-order valence-electron chi connectivity index (χ1n) is 9.10. The van der Waals surface area contributed by atoms with E-state index in [9.17, 15) is 0 Å². The molecule has 7 nitrogen and oxygen atoms in total. The Morgan fingerprint density at radius 3 is 2.74 bits per heavy atom. The number of halogens is 1. The van der Waals surface area contributed by atoms with Crippen LogP contribution in [0.25, 0.3) is 11.2 Å². The molecule has 0 radical (unpaired) electrons. The first-order chi connectivity index (χ1) is 13.1. The fourth-order valence-corrected chi connectivity index (χ4v) is 3.51. The van der Waals surface area contributed by atoms with Crippen molar-refractivity contribution >= 4 is 28.7 Å². The molecular weight excluding hydrogens is 364 g/mol. The standard InChI is InChI=1S/C19H23ClN6O/c1-14-11-15(20)3-4-17(14)27-10-9-25-5-7-26(8-6-25)19-21-12-16-18(23-19)22-13-24(16)2/h3-4,11-13H,5-10H2,1-2H3. The number of piperazine rings is 1. The van der Waals surface area contributed by atoms with Crippen molar-refractivity contribution in [2.75, 3.05) is 44.2 Å². The van der Waals surface area contributed by atoms with E-state index in [2.05, 4.69) is 24.8 Å². The van der Waals surface area contributed by atoms with E-state index in [1.807, 2.05) is 42.9 Å². The second-order valence-corrected chi connectivity index (χ2v) is 7.26. The Morgan fingerprint density at radius 2 is 1.96 bits per heavy atom. The van der Waals surface area contributed by atoms with Crippen LogP contribution in [0.2, 0.25) is 5.02 Å². The van der Waals surface area contributed by atoms with Gasteiger partial charge >= 0.3 is 0 Å². The zero-order chi connectivity index (χ0) is 18.8. The van der Waals surface area contributed by atoms with Crippen LogP contribution in [0.15, 0.2) is 30.7 Å². The Balaban J connectivity index is 1.28. The van der Waals surface area contributed by atoms with E-state index in [1.165, 1.54) is 0 Å². The van der Waals surface area contributed by atoms with Crippen LogP contribution in [0.3, 0.4) is 0 Å². The summed E-state index contributed by atoms with van der Waals surface area (Å²) in [6.45, 7) is 7.31. The fraction of sp³-hybridized carbons (Fsp3) is 0.421. The van der Waals surface area contributed by atoms with Crippen molar-refractivity contribution in [1.29, 1.82) is 0 Å². The molecule has 3 aromatic rings. The fourth-order valence-electron chi connectivity index (χ4n) is 3.29. The highest BCUT2D eigenvalue weighted by Crippen LogP contribution is 2.22. The first-order valence-corrected chi connectivity index (χ1v) is 9.48. The quantitative estimate of drug-likeness (QED) is 0.671. The predicted octanol–water partition coefficient (Wildman–Crippen LogP) is 2.53. The summed E-state index contributed by atoms with van der Waals surface area (Å²) >= 11 is 5.99. The lowest BCUT2D eigenvalue weighted by atomic mass is 10.2. The molecule has 1 saturated heterocycles. The van der Waals surface area contributed by atoms with Gasteiger partial charge in [0.2, 0.25) is 5.95 Å². The van der Waals surface area contributed by atoms with E-state index >= 15 is 0 Å². The third kappa shape index (κ3) is 3.99. The van der Waals surface area contributed by atoms with Gasteiger partial charge in [0.1, 0.15) is 17.9 Å². The number of nitrogens with zero attached hydrogens (tertiary/aromatic N) is 6. The topological polar surface area (TPSA) is 59.3 Å². The molecule has 4 rings (SSSR count). The third-order valence-electron chi connectivity index (χ3n) is 4.93. The van der Waals surface area contributed by atoms with Crippen LogP contribution in [0.1, 0.15) is 5.56 Å². The molecule has 3 heterocycles. The number of benzene rings is 1. The van der Waals surface area contributed by atoms with Crippen molar-refractivity contribution in [3.05, 3.63) is 41.3 Å². The van der Waals surface area contributed by atoms with Crippen LogP contribution in [-0.4, -0.2) is 63.7 Å². The summed E-state index contributed by atoms with van der Waals surface area (Å²) in [5.74, 6) is 1.66. The summed E-state index contributed by atoms with van der Waals surface area (Å²) in [5.41, 5.74) is 2.76. The Labute approximate surface area is 163 Å². The molecule has 27 heavy (non-hydrogen) atoms. The molecular formula is C19H23ClN6O. The smallest absolute Gasteiger partial charge is 0.227 e. The van der Waals surface area contributed by atoms with Gasteiger partial charge in [0.25, 0.3) is 0 Å². The van der Waals surface area contributed by atoms with Crippen LogP contribution in [0, 0.1) is 6.92 Å². The van der Waals surface area contributed by atoms with Crippen molar-refractivity contribution in [2.45, 2.75) is 6.92 Å². The molecule has 1 aromatic carbocycles. The summed E-state index contributed by atoms with van der Waals surface area (Å²) < 4.78 is 7.84. The number of aromatic nitrogens is 4. The summed E-state index contributed by atoms with van der Waals surface area (Å²) in [6, 6.07) is 5.72. The van der Waals surface area contributed by atoms with E-state index in [-0.39, 0.29) is 0 Å². The number of imidazole rings is 1. The molecule has 1 aliphatic heterocycles. The van der Waals surface area contributed by atoms with Gasteiger partial charge in [-0.2, -0.15) is 4.98 Å². The van der Waals surface area contributed by atoms with Crippen LogP contribution < -0.4 is 9.64 Å². The number of aryl methyl sites for hydroxylation is 2. The number of rotatable bonds is 5. The van der Waals surface area contributed by atoms with E-state index in [4.69, 9.17) is 16.3 Å². The molecule has 1 aliphatic rings. The average molecular weight is 387 g/mol. The Hall–Kier alpha value is -2.38. The van der Waals surface area contributed by atoms with Gasteiger partial charge in [-0.15, -0.1) is 0 Å². The average Bonchev–Trinajstić information content (AvgIpc) is 3.04. The molecule has 0 saturated carbocycles. The lowest BCUT2D eigenvalue weighted by Gasteiger charge is -2.34. The largest absolute Gasteiger partial charge is 0.492 e. The first kappa shape index (κ1) is 18.0.